The summed E-state index contributed by atoms with van der Waals surface area (Å²) in [6.07, 6.45) is 2.14. The predicted molar refractivity (Wildman–Crippen MR) is 49.0 cm³/mol. The third-order valence-corrected chi connectivity index (χ3v) is 2.21. The number of thioether (sulfide) groups is 1. The second-order valence-corrected chi connectivity index (χ2v) is 3.65. The first-order valence-corrected chi connectivity index (χ1v) is 4.85. The second kappa shape index (κ2) is 7.16. The highest BCUT2D eigenvalue weighted by Gasteiger charge is 1.99. The van der Waals surface area contributed by atoms with E-state index in [-0.39, 0.29) is 11.1 Å². The van der Waals surface area contributed by atoms with Gasteiger partial charge in [-0.25, -0.2) is 0 Å². The zero-order valence-electron chi connectivity index (χ0n) is 7.46. The first kappa shape index (κ1) is 11.5. The van der Waals surface area contributed by atoms with Crippen molar-refractivity contribution in [3.05, 3.63) is 0 Å². The van der Waals surface area contributed by atoms with Crippen LogP contribution in [0.4, 0.5) is 0 Å². The van der Waals surface area contributed by atoms with Gasteiger partial charge in [-0.1, -0.05) is 11.8 Å². The van der Waals surface area contributed by atoms with E-state index in [1.807, 2.05) is 0 Å². The minimum Gasteiger partial charge on any atom is -0.469 e. The lowest BCUT2D eigenvalue weighted by molar-refractivity contribution is -0.140. The van der Waals surface area contributed by atoms with Crippen LogP contribution in [0.1, 0.15) is 26.2 Å². The lowest BCUT2D eigenvalue weighted by Gasteiger charge is -1.98. The highest BCUT2D eigenvalue weighted by Crippen LogP contribution is 2.06. The first-order valence-electron chi connectivity index (χ1n) is 3.87. The summed E-state index contributed by atoms with van der Waals surface area (Å²) in [5.74, 6) is 0.620. The Kier molecular flexibility index (Phi) is 6.85. The van der Waals surface area contributed by atoms with Crippen molar-refractivity contribution >= 4 is 22.8 Å². The first-order chi connectivity index (χ1) is 5.66. The summed E-state index contributed by atoms with van der Waals surface area (Å²) in [7, 11) is 1.38. The molecule has 0 N–H and O–H groups in total. The molecule has 0 heterocycles. The fourth-order valence-electron chi connectivity index (χ4n) is 0.689. The summed E-state index contributed by atoms with van der Waals surface area (Å²) >= 11 is 1.30. The summed E-state index contributed by atoms with van der Waals surface area (Å²) < 4.78 is 4.47. The number of unbranched alkanes of at least 4 members (excludes halogenated alkanes) is 1. The van der Waals surface area contributed by atoms with Gasteiger partial charge in [0.15, 0.2) is 5.12 Å². The van der Waals surface area contributed by atoms with E-state index in [0.717, 1.165) is 18.6 Å². The molecule has 0 aliphatic rings. The van der Waals surface area contributed by atoms with Gasteiger partial charge in [0.25, 0.3) is 0 Å². The number of hydrogen-bond donors (Lipinski definition) is 0. The lowest BCUT2D eigenvalue weighted by atomic mass is 10.2. The Balaban J connectivity index is 3.11. The van der Waals surface area contributed by atoms with E-state index < -0.39 is 0 Å². The van der Waals surface area contributed by atoms with Crippen molar-refractivity contribution in [2.45, 2.75) is 26.2 Å². The van der Waals surface area contributed by atoms with E-state index in [1.54, 1.807) is 6.92 Å². The zero-order valence-corrected chi connectivity index (χ0v) is 8.28. The Morgan fingerprint density at radius 2 is 2.00 bits per heavy atom. The largest absolute Gasteiger partial charge is 0.469 e. The van der Waals surface area contributed by atoms with E-state index in [9.17, 15) is 9.59 Å². The van der Waals surface area contributed by atoms with Crippen LogP contribution in [0.2, 0.25) is 0 Å². The van der Waals surface area contributed by atoms with Crippen molar-refractivity contribution < 1.29 is 14.3 Å². The molecule has 0 radical (unpaired) electrons. The van der Waals surface area contributed by atoms with Gasteiger partial charge in [0.1, 0.15) is 0 Å². The average molecular weight is 190 g/mol. The molecule has 3 nitrogen and oxygen atoms in total. The fourth-order valence-corrected chi connectivity index (χ4v) is 1.33. The van der Waals surface area contributed by atoms with Gasteiger partial charge in [-0.15, -0.1) is 0 Å². The average Bonchev–Trinajstić information content (AvgIpc) is 2.03. The van der Waals surface area contributed by atoms with Crippen molar-refractivity contribution in [1.29, 1.82) is 0 Å². The molecule has 70 valence electrons. The molecule has 0 amide bonds. The molecule has 0 saturated carbocycles. The molecule has 0 rings (SSSR count). The Labute approximate surface area is 76.9 Å². The number of carbonyl (C=O) groups is 2. The topological polar surface area (TPSA) is 43.4 Å². The van der Waals surface area contributed by atoms with Gasteiger partial charge >= 0.3 is 5.97 Å². The molecule has 0 aromatic heterocycles. The van der Waals surface area contributed by atoms with Crippen LogP contribution in [0.25, 0.3) is 0 Å². The molecule has 0 aliphatic heterocycles. The summed E-state index contributed by atoms with van der Waals surface area (Å²) in [5.41, 5.74) is 0. The molecule has 0 aromatic rings. The number of rotatable bonds is 5. The second-order valence-electron chi connectivity index (χ2n) is 2.37. The SMILES string of the molecule is COC(=O)CCCCSC(C)=O. The van der Waals surface area contributed by atoms with Crippen LogP contribution < -0.4 is 0 Å². The van der Waals surface area contributed by atoms with Crippen molar-refractivity contribution in [1.82, 2.24) is 0 Å². The predicted octanol–water partition coefficient (Wildman–Crippen LogP) is 1.61. The van der Waals surface area contributed by atoms with Gasteiger partial charge < -0.3 is 4.74 Å². The van der Waals surface area contributed by atoms with Crippen LogP contribution in [0.3, 0.4) is 0 Å². The van der Waals surface area contributed by atoms with Crippen molar-refractivity contribution in [3.63, 3.8) is 0 Å². The Hall–Kier alpha value is -0.510. The van der Waals surface area contributed by atoms with Crippen molar-refractivity contribution in [3.8, 4) is 0 Å². The minimum atomic E-state index is -0.178. The van der Waals surface area contributed by atoms with Crippen LogP contribution in [0.15, 0.2) is 0 Å². The summed E-state index contributed by atoms with van der Waals surface area (Å²) in [6, 6.07) is 0. The molecule has 0 spiro atoms. The van der Waals surface area contributed by atoms with Crippen LogP contribution in [0.5, 0.6) is 0 Å². The van der Waals surface area contributed by atoms with Crippen LogP contribution >= 0.6 is 11.8 Å². The van der Waals surface area contributed by atoms with Gasteiger partial charge in [-0.2, -0.15) is 0 Å². The molecular formula is C8H14O3S. The number of methoxy groups -OCH3 is 1. The Morgan fingerprint density at radius 1 is 1.33 bits per heavy atom. The normalized spacial score (nSPS) is 9.50. The lowest BCUT2D eigenvalue weighted by Crippen LogP contribution is -1.99. The zero-order chi connectivity index (χ0) is 9.40. The quantitative estimate of drug-likeness (QED) is 0.488. The molecule has 12 heavy (non-hydrogen) atoms. The van der Waals surface area contributed by atoms with Crippen LogP contribution in [-0.2, 0) is 14.3 Å². The fraction of sp³-hybridized carbons (Fsp3) is 0.750. The van der Waals surface area contributed by atoms with Crippen LogP contribution in [0, 0.1) is 0 Å². The molecule has 0 aliphatic carbocycles. The maximum atomic E-state index is 10.6. The van der Waals surface area contributed by atoms with Gasteiger partial charge in [0.2, 0.25) is 0 Å². The van der Waals surface area contributed by atoms with Gasteiger partial charge in [-0.05, 0) is 12.8 Å². The van der Waals surface area contributed by atoms with E-state index in [4.69, 9.17) is 0 Å². The molecule has 0 unspecified atom stereocenters. The Morgan fingerprint density at radius 3 is 2.50 bits per heavy atom. The molecule has 0 atom stereocenters. The third kappa shape index (κ3) is 7.60. The number of carbonyl (C=O) groups excluding carboxylic acids is 2. The van der Waals surface area contributed by atoms with Gasteiger partial charge in [0.05, 0.1) is 7.11 Å². The number of ether oxygens (including phenoxy) is 1. The maximum Gasteiger partial charge on any atom is 0.305 e. The number of hydrogen-bond acceptors (Lipinski definition) is 4. The summed E-state index contributed by atoms with van der Waals surface area (Å²) in [4.78, 5) is 21.1. The van der Waals surface area contributed by atoms with E-state index in [2.05, 4.69) is 4.74 Å². The highest BCUT2D eigenvalue weighted by atomic mass is 32.2. The van der Waals surface area contributed by atoms with Crippen molar-refractivity contribution in [2.75, 3.05) is 12.9 Å². The number of esters is 1. The third-order valence-electron chi connectivity index (χ3n) is 1.31. The molecule has 0 fully saturated rings. The van der Waals surface area contributed by atoms with E-state index in [0.29, 0.717) is 6.42 Å². The Bertz CT molecular complexity index is 156. The highest BCUT2D eigenvalue weighted by molar-refractivity contribution is 8.13. The van der Waals surface area contributed by atoms with E-state index >= 15 is 0 Å². The monoisotopic (exact) mass is 190 g/mol. The van der Waals surface area contributed by atoms with Gasteiger partial charge in [-0.3, -0.25) is 9.59 Å². The molecule has 4 heteroatoms. The molecule has 0 bridgehead atoms. The smallest absolute Gasteiger partial charge is 0.305 e. The van der Waals surface area contributed by atoms with E-state index in [1.165, 1.54) is 18.9 Å². The van der Waals surface area contributed by atoms with Gasteiger partial charge in [0, 0.05) is 19.1 Å². The molecule has 0 saturated heterocycles. The minimum absolute atomic E-state index is 0.132. The maximum absolute atomic E-state index is 10.6. The van der Waals surface area contributed by atoms with Crippen LogP contribution in [-0.4, -0.2) is 23.9 Å². The summed E-state index contributed by atoms with van der Waals surface area (Å²) in [5, 5.41) is 0.132. The summed E-state index contributed by atoms with van der Waals surface area (Å²) in [6.45, 7) is 1.55. The van der Waals surface area contributed by atoms with Crippen molar-refractivity contribution in [2.24, 2.45) is 0 Å². The molecular weight excluding hydrogens is 176 g/mol. The molecule has 0 aromatic carbocycles. The standard InChI is InChI=1S/C8H14O3S/c1-7(9)12-6-4-3-5-8(10)11-2/h3-6H2,1-2H3.